The number of benzene rings is 1. The van der Waals surface area contributed by atoms with Crippen LogP contribution < -0.4 is 5.32 Å². The van der Waals surface area contributed by atoms with Gasteiger partial charge in [0, 0.05) is 0 Å². The minimum atomic E-state index is -3.21. The molecule has 2 N–H and O–H groups in total. The molecule has 1 aliphatic rings. The second-order valence-corrected chi connectivity index (χ2v) is 7.58. The molecule has 25 heavy (non-hydrogen) atoms. The molecule has 2 amide bonds. The Morgan fingerprint density at radius 3 is 2.44 bits per heavy atom. The summed E-state index contributed by atoms with van der Waals surface area (Å²) in [6, 6.07) is 8.28. The van der Waals surface area contributed by atoms with Gasteiger partial charge in [-0.25, -0.2) is 4.79 Å². The van der Waals surface area contributed by atoms with Crippen LogP contribution in [0, 0.1) is 5.41 Å². The summed E-state index contributed by atoms with van der Waals surface area (Å²) in [5.41, 5.74) is 0.892. The molecular formula is C16H24N3O5P. The third-order valence-corrected chi connectivity index (χ3v) is 5.69. The third kappa shape index (κ3) is 5.37. The van der Waals surface area contributed by atoms with Gasteiger partial charge in [0.25, 0.3) is 0 Å². The molecule has 0 bridgehead atoms. The van der Waals surface area contributed by atoms with Gasteiger partial charge in [0.15, 0.2) is 5.84 Å². The van der Waals surface area contributed by atoms with E-state index in [0.29, 0.717) is 0 Å². The summed E-state index contributed by atoms with van der Waals surface area (Å²) in [6.07, 6.45) is 0.390. The number of nitrogens with zero attached hydrogens (tertiary/aromatic N) is 1. The van der Waals surface area contributed by atoms with Crippen molar-refractivity contribution in [3.63, 3.8) is 0 Å². The summed E-state index contributed by atoms with van der Waals surface area (Å²) in [4.78, 5) is 17.4. The number of rotatable bonds is 10. The maximum atomic E-state index is 12.5. The second kappa shape index (κ2) is 9.10. The smallest absolute Gasteiger partial charge is 0.326 e. The summed E-state index contributed by atoms with van der Waals surface area (Å²) in [5, 5.41) is 11.7. The van der Waals surface area contributed by atoms with E-state index >= 15 is 0 Å². The van der Waals surface area contributed by atoms with Gasteiger partial charge in [0.1, 0.15) is 6.61 Å². The first-order chi connectivity index (χ1) is 12.0. The van der Waals surface area contributed by atoms with Crippen molar-refractivity contribution in [1.29, 1.82) is 5.41 Å². The van der Waals surface area contributed by atoms with Crippen molar-refractivity contribution in [2.75, 3.05) is 19.4 Å². The largest absolute Gasteiger partial charge is 0.347 e. The van der Waals surface area contributed by atoms with Gasteiger partial charge in [0.05, 0.1) is 25.4 Å². The molecule has 1 aliphatic heterocycles. The van der Waals surface area contributed by atoms with E-state index in [1.165, 1.54) is 0 Å². The van der Waals surface area contributed by atoms with Crippen molar-refractivity contribution in [2.24, 2.45) is 0 Å². The van der Waals surface area contributed by atoms with Crippen LogP contribution in [0.25, 0.3) is 0 Å². The first-order valence-corrected chi connectivity index (χ1v) is 9.96. The predicted molar refractivity (Wildman–Crippen MR) is 93.5 cm³/mol. The average molecular weight is 369 g/mol. The molecular weight excluding hydrogens is 345 g/mol. The fourth-order valence-corrected chi connectivity index (χ4v) is 4.12. The monoisotopic (exact) mass is 369 g/mol. The molecule has 1 fully saturated rings. The Morgan fingerprint density at radius 2 is 1.84 bits per heavy atom. The zero-order valence-corrected chi connectivity index (χ0v) is 15.3. The van der Waals surface area contributed by atoms with Crippen molar-refractivity contribution in [1.82, 2.24) is 10.4 Å². The molecule has 1 unspecified atom stereocenters. The lowest BCUT2D eigenvalue weighted by atomic mass is 10.2. The molecule has 1 aromatic rings. The van der Waals surface area contributed by atoms with Gasteiger partial charge in [-0.2, -0.15) is 5.06 Å². The fourth-order valence-electron chi connectivity index (χ4n) is 2.42. The highest BCUT2D eigenvalue weighted by Crippen LogP contribution is 2.48. The number of hydrogen-bond acceptors (Lipinski definition) is 6. The molecule has 1 atom stereocenters. The normalized spacial score (nSPS) is 17.8. The summed E-state index contributed by atoms with van der Waals surface area (Å²) >= 11 is 0. The van der Waals surface area contributed by atoms with Crippen LogP contribution in [0.2, 0.25) is 0 Å². The van der Waals surface area contributed by atoms with Gasteiger partial charge in [-0.3, -0.25) is 14.8 Å². The molecule has 9 heteroatoms. The number of amidine groups is 1. The van der Waals surface area contributed by atoms with Crippen LogP contribution in [0.1, 0.15) is 25.8 Å². The van der Waals surface area contributed by atoms with E-state index in [9.17, 15) is 9.36 Å². The van der Waals surface area contributed by atoms with Crippen LogP contribution in [-0.2, 0) is 25.1 Å². The van der Waals surface area contributed by atoms with E-state index in [1.807, 2.05) is 30.3 Å². The molecule has 0 spiro atoms. The number of amides is 2. The van der Waals surface area contributed by atoms with Crippen LogP contribution in [0.15, 0.2) is 30.3 Å². The highest BCUT2D eigenvalue weighted by atomic mass is 31.2. The third-order valence-electron chi connectivity index (χ3n) is 3.58. The number of hydroxylamine groups is 2. The molecule has 8 nitrogen and oxygen atoms in total. The van der Waals surface area contributed by atoms with Crippen molar-refractivity contribution in [3.05, 3.63) is 35.9 Å². The maximum absolute atomic E-state index is 12.5. The fraction of sp³-hybridized carbons (Fsp3) is 0.500. The van der Waals surface area contributed by atoms with Crippen LogP contribution in [0.4, 0.5) is 4.79 Å². The summed E-state index contributed by atoms with van der Waals surface area (Å²) in [7, 11) is -3.21. The van der Waals surface area contributed by atoms with Gasteiger partial charge >= 0.3 is 13.6 Å². The minimum Gasteiger partial charge on any atom is -0.326 e. The molecule has 138 valence electrons. The Kier molecular flexibility index (Phi) is 7.13. The van der Waals surface area contributed by atoms with Crippen molar-refractivity contribution in [3.8, 4) is 0 Å². The van der Waals surface area contributed by atoms with E-state index in [-0.39, 0.29) is 38.2 Å². The number of carbonyl (C=O) groups excluding carboxylic acids is 1. The Labute approximate surface area is 147 Å². The lowest BCUT2D eigenvalue weighted by Crippen LogP contribution is -2.31. The van der Waals surface area contributed by atoms with Gasteiger partial charge in [-0.05, 0) is 25.8 Å². The Balaban J connectivity index is 1.90. The number of carbonyl (C=O) groups is 1. The van der Waals surface area contributed by atoms with Crippen LogP contribution in [0.3, 0.4) is 0 Å². The van der Waals surface area contributed by atoms with E-state index in [2.05, 4.69) is 5.32 Å². The maximum Gasteiger partial charge on any atom is 0.347 e. The lowest BCUT2D eigenvalue weighted by Gasteiger charge is -2.19. The molecule has 1 saturated heterocycles. The molecule has 2 rings (SSSR count). The molecule has 0 aromatic heterocycles. The zero-order chi connectivity index (χ0) is 18.3. The Morgan fingerprint density at radius 1 is 1.20 bits per heavy atom. The zero-order valence-electron chi connectivity index (χ0n) is 14.4. The quantitative estimate of drug-likeness (QED) is 0.617. The highest BCUT2D eigenvalue weighted by molar-refractivity contribution is 7.53. The number of nitrogens with one attached hydrogen (secondary N) is 2. The SMILES string of the molecule is CCOP(=O)(CCC1NC(=O)N(OCc2ccccc2)C1=N)OCC. The topological polar surface area (TPSA) is 101 Å². The molecule has 0 saturated carbocycles. The summed E-state index contributed by atoms with van der Waals surface area (Å²) < 4.78 is 22.9. The predicted octanol–water partition coefficient (Wildman–Crippen LogP) is 3.15. The highest BCUT2D eigenvalue weighted by Gasteiger charge is 2.38. The second-order valence-electron chi connectivity index (χ2n) is 5.40. The van der Waals surface area contributed by atoms with E-state index in [4.69, 9.17) is 19.3 Å². The summed E-state index contributed by atoms with van der Waals surface area (Å²) in [6.45, 7) is 4.21. The Bertz CT molecular complexity index is 630. The van der Waals surface area contributed by atoms with E-state index in [0.717, 1.165) is 10.6 Å². The van der Waals surface area contributed by atoms with Crippen LogP contribution in [0.5, 0.6) is 0 Å². The minimum absolute atomic E-state index is 0.0134. The van der Waals surface area contributed by atoms with Gasteiger partial charge in [0.2, 0.25) is 0 Å². The number of urea groups is 1. The van der Waals surface area contributed by atoms with E-state index < -0.39 is 19.7 Å². The van der Waals surface area contributed by atoms with Gasteiger partial charge < -0.3 is 14.4 Å². The first-order valence-electron chi connectivity index (χ1n) is 8.23. The van der Waals surface area contributed by atoms with E-state index in [1.54, 1.807) is 13.8 Å². The van der Waals surface area contributed by atoms with Crippen molar-refractivity contribution >= 4 is 19.5 Å². The molecule has 0 radical (unpaired) electrons. The summed E-state index contributed by atoms with van der Waals surface area (Å²) in [5.74, 6) is -0.0134. The first kappa shape index (κ1) is 19.6. The standard InChI is InChI=1S/C16H24N3O5P/c1-3-23-25(21,24-4-2)11-10-14-15(17)19(16(20)18-14)22-12-13-8-6-5-7-9-13/h5-9,14,17H,3-4,10-12H2,1-2H3,(H,18,20). The average Bonchev–Trinajstić information content (AvgIpc) is 2.86. The van der Waals surface area contributed by atoms with Crippen molar-refractivity contribution in [2.45, 2.75) is 32.9 Å². The Hall–Kier alpha value is -1.73. The van der Waals surface area contributed by atoms with Crippen LogP contribution >= 0.6 is 7.60 Å². The molecule has 0 aliphatic carbocycles. The van der Waals surface area contributed by atoms with Crippen LogP contribution in [-0.4, -0.2) is 42.3 Å². The van der Waals surface area contributed by atoms with Gasteiger partial charge in [-0.1, -0.05) is 30.3 Å². The number of hydrogen-bond donors (Lipinski definition) is 2. The van der Waals surface area contributed by atoms with Gasteiger partial charge in [-0.15, -0.1) is 0 Å². The van der Waals surface area contributed by atoms with Crippen molar-refractivity contribution < 1.29 is 23.2 Å². The molecule has 1 heterocycles. The lowest BCUT2D eigenvalue weighted by molar-refractivity contribution is -0.0683. The molecule has 1 aromatic carbocycles.